The van der Waals surface area contributed by atoms with Crippen molar-refractivity contribution in [2.75, 3.05) is 6.61 Å². The number of aromatic nitrogens is 1. The van der Waals surface area contributed by atoms with E-state index in [-0.39, 0.29) is 12.2 Å². The van der Waals surface area contributed by atoms with Gasteiger partial charge in [-0.05, 0) is 46.6 Å². The molecule has 1 aliphatic heterocycles. The molecular formula is C26H17BrClIN2O4S. The second kappa shape index (κ2) is 10.5. The number of hydrogen-bond donors (Lipinski definition) is 0. The summed E-state index contributed by atoms with van der Waals surface area (Å²) in [4.78, 5) is 32.4. The lowest BCUT2D eigenvalue weighted by atomic mass is 9.93. The second-order valence-corrected chi connectivity index (χ2v) is 11.0. The van der Waals surface area contributed by atoms with Gasteiger partial charge in [-0.15, -0.1) is 0 Å². The normalized spacial score (nSPS) is 15.6. The summed E-state index contributed by atoms with van der Waals surface area (Å²) in [5.41, 5.74) is 1.95. The van der Waals surface area contributed by atoms with Crippen LogP contribution in [-0.2, 0) is 9.53 Å². The first-order valence-corrected chi connectivity index (χ1v) is 13.9. The highest BCUT2D eigenvalue weighted by atomic mass is 127. The lowest BCUT2D eigenvalue weighted by Gasteiger charge is -2.25. The van der Waals surface area contributed by atoms with Crippen molar-refractivity contribution in [2.45, 2.75) is 13.0 Å². The van der Waals surface area contributed by atoms with Gasteiger partial charge in [0.2, 0.25) is 0 Å². The molecule has 0 radical (unpaired) electrons. The summed E-state index contributed by atoms with van der Waals surface area (Å²) in [6.45, 7) is 1.93. The van der Waals surface area contributed by atoms with Gasteiger partial charge in [0.25, 0.3) is 5.56 Å². The fraction of sp³-hybridized carbons (Fsp3) is 0.115. The Morgan fingerprint density at radius 3 is 2.61 bits per heavy atom. The fourth-order valence-electron chi connectivity index (χ4n) is 3.96. The van der Waals surface area contributed by atoms with E-state index in [0.29, 0.717) is 40.7 Å². The maximum Gasteiger partial charge on any atom is 0.338 e. The molecule has 0 saturated carbocycles. The predicted molar refractivity (Wildman–Crippen MR) is 152 cm³/mol. The van der Waals surface area contributed by atoms with Gasteiger partial charge in [0.15, 0.2) is 8.57 Å². The van der Waals surface area contributed by atoms with Crippen molar-refractivity contribution < 1.29 is 13.9 Å². The van der Waals surface area contributed by atoms with Crippen molar-refractivity contribution in [2.24, 2.45) is 4.99 Å². The Bertz CT molecular complexity index is 1650. The van der Waals surface area contributed by atoms with E-state index in [4.69, 9.17) is 25.7 Å². The molecule has 2 aromatic heterocycles. The molecule has 4 aromatic rings. The van der Waals surface area contributed by atoms with E-state index < -0.39 is 12.0 Å². The summed E-state index contributed by atoms with van der Waals surface area (Å²) in [6.07, 6.45) is 1.69. The van der Waals surface area contributed by atoms with E-state index >= 15 is 0 Å². The molecule has 0 bridgehead atoms. The first kappa shape index (κ1) is 25.2. The molecule has 0 spiro atoms. The molecule has 10 heteroatoms. The molecule has 3 heterocycles. The molecule has 6 nitrogen and oxygen atoms in total. The van der Waals surface area contributed by atoms with Gasteiger partial charge in [-0.25, -0.2) is 9.79 Å². The maximum atomic E-state index is 13.8. The van der Waals surface area contributed by atoms with Crippen LogP contribution < -0.4 is 14.9 Å². The van der Waals surface area contributed by atoms with Crippen LogP contribution in [0, 0.1) is 3.77 Å². The second-order valence-electron chi connectivity index (χ2n) is 7.75. The van der Waals surface area contributed by atoms with Gasteiger partial charge in [-0.2, -0.15) is 0 Å². The fourth-order valence-corrected chi connectivity index (χ4v) is 5.79. The van der Waals surface area contributed by atoms with Crippen molar-refractivity contribution in [1.29, 1.82) is 0 Å². The molecule has 182 valence electrons. The quantitative estimate of drug-likeness (QED) is 0.203. The van der Waals surface area contributed by atoms with Crippen LogP contribution in [0.1, 0.15) is 29.9 Å². The van der Waals surface area contributed by atoms with Gasteiger partial charge in [0, 0.05) is 39.3 Å². The Morgan fingerprint density at radius 1 is 1.25 bits per heavy atom. The molecule has 1 atom stereocenters. The van der Waals surface area contributed by atoms with Crippen LogP contribution in [0.2, 0.25) is 5.02 Å². The minimum Gasteiger partial charge on any atom is -0.463 e. The molecule has 2 aromatic carbocycles. The van der Waals surface area contributed by atoms with E-state index in [1.54, 1.807) is 35.8 Å². The number of benzene rings is 2. The van der Waals surface area contributed by atoms with Crippen LogP contribution in [0.25, 0.3) is 11.8 Å². The number of thiazole rings is 1. The maximum absolute atomic E-state index is 13.8. The van der Waals surface area contributed by atoms with Crippen molar-refractivity contribution in [3.05, 3.63) is 116 Å². The van der Waals surface area contributed by atoms with E-state index in [0.717, 1.165) is 10.0 Å². The Hall–Kier alpha value is -2.47. The van der Waals surface area contributed by atoms with E-state index in [2.05, 4.69) is 38.5 Å². The van der Waals surface area contributed by atoms with Gasteiger partial charge in [-0.3, -0.25) is 9.36 Å². The average Bonchev–Trinajstić information content (AvgIpc) is 3.36. The number of carbonyl (C=O) groups is 1. The third-order valence-electron chi connectivity index (χ3n) is 5.50. The standard InChI is InChI=1S/C26H17BrClIN2O4S/c1-2-34-25(33)20-21(14-6-4-3-5-7-14)30-26-31(22(20)15-8-10-16(28)11-9-15)24(32)19(36-26)13-17-12-18(27)23(29)35-17/h3-13,22H,2H2,1H3/b19-13+/t22-/m1/s1. The topological polar surface area (TPSA) is 73.8 Å². The number of fused-ring (bicyclic) bond motifs is 1. The number of furan rings is 1. The summed E-state index contributed by atoms with van der Waals surface area (Å²) in [7, 11) is 0. The molecule has 0 unspecified atom stereocenters. The largest absolute Gasteiger partial charge is 0.463 e. The van der Waals surface area contributed by atoms with Crippen molar-refractivity contribution in [3.63, 3.8) is 0 Å². The molecule has 0 amide bonds. The van der Waals surface area contributed by atoms with E-state index in [1.807, 2.05) is 42.5 Å². The number of rotatable bonds is 5. The Labute approximate surface area is 236 Å². The monoisotopic (exact) mass is 694 g/mol. The van der Waals surface area contributed by atoms with Gasteiger partial charge in [0.1, 0.15) is 5.76 Å². The molecule has 5 rings (SSSR count). The average molecular weight is 696 g/mol. The third-order valence-corrected chi connectivity index (χ3v) is 8.86. The summed E-state index contributed by atoms with van der Waals surface area (Å²) in [6, 6.07) is 17.6. The zero-order chi connectivity index (χ0) is 25.4. The van der Waals surface area contributed by atoms with Crippen molar-refractivity contribution in [1.82, 2.24) is 4.57 Å². The highest BCUT2D eigenvalue weighted by Crippen LogP contribution is 2.35. The minimum atomic E-state index is -0.751. The minimum absolute atomic E-state index is 0.189. The van der Waals surface area contributed by atoms with E-state index in [9.17, 15) is 9.59 Å². The summed E-state index contributed by atoms with van der Waals surface area (Å²) in [5, 5.41) is 0.550. The third kappa shape index (κ3) is 4.77. The lowest BCUT2D eigenvalue weighted by Crippen LogP contribution is -2.40. The highest BCUT2D eigenvalue weighted by molar-refractivity contribution is 14.1. The molecule has 36 heavy (non-hydrogen) atoms. The van der Waals surface area contributed by atoms with Crippen LogP contribution >= 0.6 is 61.5 Å². The number of esters is 1. The first-order chi connectivity index (χ1) is 17.4. The van der Waals surface area contributed by atoms with Gasteiger partial charge < -0.3 is 9.15 Å². The Balaban J connectivity index is 1.83. The van der Waals surface area contributed by atoms with Gasteiger partial charge >= 0.3 is 5.97 Å². The molecule has 1 aliphatic rings. The number of ether oxygens (including phenoxy) is 1. The van der Waals surface area contributed by atoms with Gasteiger partial charge in [-0.1, -0.05) is 65.4 Å². The molecule has 0 fully saturated rings. The van der Waals surface area contributed by atoms with Crippen LogP contribution in [0.15, 0.2) is 84.9 Å². The number of carbonyl (C=O) groups excluding carboxylic acids is 1. The summed E-state index contributed by atoms with van der Waals surface area (Å²) in [5.74, 6) is 0.00586. The molecular weight excluding hydrogens is 679 g/mol. The SMILES string of the molecule is CCOC(=O)C1=C(c2ccccc2)N=c2s/c(=C/c3cc(Br)c(I)o3)c(=O)n2[C@@H]1c1ccc(Cl)cc1. The van der Waals surface area contributed by atoms with Crippen LogP contribution in [0.5, 0.6) is 0 Å². The predicted octanol–water partition coefficient (Wildman–Crippen LogP) is 5.55. The molecule has 0 N–H and O–H groups in total. The highest BCUT2D eigenvalue weighted by Gasteiger charge is 2.35. The number of nitrogens with zero attached hydrogens (tertiary/aromatic N) is 2. The smallest absolute Gasteiger partial charge is 0.338 e. The Morgan fingerprint density at radius 2 is 1.97 bits per heavy atom. The Kier molecular flexibility index (Phi) is 7.34. The lowest BCUT2D eigenvalue weighted by molar-refractivity contribution is -0.138. The summed E-state index contributed by atoms with van der Waals surface area (Å²) < 4.78 is 14.6. The van der Waals surface area contributed by atoms with Crippen LogP contribution in [-0.4, -0.2) is 17.1 Å². The van der Waals surface area contributed by atoms with Crippen LogP contribution in [0.3, 0.4) is 0 Å². The number of halogens is 3. The first-order valence-electron chi connectivity index (χ1n) is 10.9. The number of hydrogen-bond acceptors (Lipinski definition) is 6. The van der Waals surface area contributed by atoms with E-state index in [1.165, 1.54) is 11.3 Å². The zero-order valence-corrected chi connectivity index (χ0v) is 24.0. The zero-order valence-electron chi connectivity index (χ0n) is 18.7. The molecule has 0 aliphatic carbocycles. The van der Waals surface area contributed by atoms with Gasteiger partial charge in [0.05, 0.1) is 32.9 Å². The van der Waals surface area contributed by atoms with Crippen molar-refractivity contribution in [3.8, 4) is 0 Å². The summed E-state index contributed by atoms with van der Waals surface area (Å²) >= 11 is 12.9. The molecule has 0 saturated heterocycles. The van der Waals surface area contributed by atoms with Crippen molar-refractivity contribution >= 4 is 79.2 Å². The van der Waals surface area contributed by atoms with Crippen LogP contribution in [0.4, 0.5) is 0 Å².